The number of halogens is 2. The smallest absolute Gasteiger partial charge is 0.186 e. The number of methoxy groups -OCH3 is 1. The van der Waals surface area contributed by atoms with E-state index in [9.17, 15) is 5.11 Å². The molecule has 3 rings (SSSR count). The molecular weight excluding hydrogens is 391 g/mol. The number of hydrogen-bond acceptors (Lipinski definition) is 5. The molecule has 1 N–H and O–H groups in total. The highest BCUT2D eigenvalue weighted by Gasteiger charge is 2.44. The molecule has 5 nitrogen and oxygen atoms in total. The summed E-state index contributed by atoms with van der Waals surface area (Å²) in [6, 6.07) is 14.8. The molecule has 0 amide bonds. The minimum absolute atomic E-state index is 0.269. The third-order valence-corrected chi connectivity index (χ3v) is 4.85. The molecule has 1 aliphatic rings. The van der Waals surface area contributed by atoms with Gasteiger partial charge in [-0.15, -0.1) is 0 Å². The van der Waals surface area contributed by atoms with Gasteiger partial charge >= 0.3 is 0 Å². The van der Waals surface area contributed by atoms with Gasteiger partial charge in [-0.25, -0.2) is 0 Å². The van der Waals surface area contributed by atoms with Crippen LogP contribution in [0, 0.1) is 0 Å². The molecular formula is C20H22Cl2O5. The predicted molar refractivity (Wildman–Crippen MR) is 103 cm³/mol. The fourth-order valence-corrected chi connectivity index (χ4v) is 3.14. The van der Waals surface area contributed by atoms with Gasteiger partial charge in [0.1, 0.15) is 18.3 Å². The van der Waals surface area contributed by atoms with E-state index in [1.165, 1.54) is 7.11 Å². The van der Waals surface area contributed by atoms with Gasteiger partial charge in [-0.1, -0.05) is 47.5 Å². The summed E-state index contributed by atoms with van der Waals surface area (Å²) < 4.78 is 22.6. The van der Waals surface area contributed by atoms with Crippen LogP contribution in [-0.2, 0) is 32.2 Å². The summed E-state index contributed by atoms with van der Waals surface area (Å²) >= 11 is 11.8. The Bertz CT molecular complexity index is 707. The van der Waals surface area contributed by atoms with E-state index in [1.807, 2.05) is 36.4 Å². The van der Waals surface area contributed by atoms with Crippen LogP contribution in [0.4, 0.5) is 0 Å². The van der Waals surface area contributed by atoms with Crippen LogP contribution < -0.4 is 0 Å². The fourth-order valence-electron chi connectivity index (χ4n) is 2.89. The van der Waals surface area contributed by atoms with E-state index < -0.39 is 24.6 Å². The molecule has 2 aromatic rings. The first-order valence-corrected chi connectivity index (χ1v) is 9.37. The van der Waals surface area contributed by atoms with E-state index in [-0.39, 0.29) is 6.61 Å². The molecule has 1 aliphatic heterocycles. The number of hydrogen-bond donors (Lipinski definition) is 1. The first-order chi connectivity index (χ1) is 13.1. The van der Waals surface area contributed by atoms with Crippen LogP contribution in [0.2, 0.25) is 10.0 Å². The minimum atomic E-state index is -0.897. The maximum absolute atomic E-state index is 10.4. The minimum Gasteiger partial charge on any atom is -0.385 e. The predicted octanol–water partition coefficient (Wildman–Crippen LogP) is 3.83. The lowest BCUT2D eigenvalue weighted by Gasteiger charge is -2.21. The van der Waals surface area contributed by atoms with Crippen molar-refractivity contribution in [1.29, 1.82) is 0 Å². The Morgan fingerprint density at radius 1 is 0.926 bits per heavy atom. The van der Waals surface area contributed by atoms with Crippen LogP contribution in [0.3, 0.4) is 0 Å². The van der Waals surface area contributed by atoms with Crippen LogP contribution in [0.15, 0.2) is 48.5 Å². The first kappa shape index (κ1) is 20.6. The van der Waals surface area contributed by atoms with E-state index in [2.05, 4.69) is 0 Å². The molecule has 0 radical (unpaired) electrons. The van der Waals surface area contributed by atoms with Gasteiger partial charge in [-0.3, -0.25) is 0 Å². The van der Waals surface area contributed by atoms with Crippen molar-refractivity contribution in [2.24, 2.45) is 0 Å². The number of aliphatic hydroxyl groups is 1. The third kappa shape index (κ3) is 5.65. The van der Waals surface area contributed by atoms with Crippen molar-refractivity contribution in [2.75, 3.05) is 13.7 Å². The Morgan fingerprint density at radius 2 is 1.48 bits per heavy atom. The zero-order chi connectivity index (χ0) is 19.2. The molecule has 1 saturated heterocycles. The van der Waals surface area contributed by atoms with Crippen LogP contribution in [0.25, 0.3) is 0 Å². The molecule has 1 fully saturated rings. The molecule has 0 aliphatic carbocycles. The Morgan fingerprint density at radius 3 is 2.04 bits per heavy atom. The second kappa shape index (κ2) is 9.85. The van der Waals surface area contributed by atoms with Crippen molar-refractivity contribution in [3.8, 4) is 0 Å². The van der Waals surface area contributed by atoms with Gasteiger partial charge in [0.25, 0.3) is 0 Å². The van der Waals surface area contributed by atoms with E-state index in [4.69, 9.17) is 42.1 Å². The Hall–Kier alpha value is -1.18. The Labute approximate surface area is 168 Å². The average Bonchev–Trinajstić information content (AvgIpc) is 2.98. The Balaban J connectivity index is 1.55. The van der Waals surface area contributed by atoms with Crippen LogP contribution in [-0.4, -0.2) is 43.4 Å². The zero-order valence-corrected chi connectivity index (χ0v) is 16.4. The normalized spacial score (nSPS) is 25.0. The summed E-state index contributed by atoms with van der Waals surface area (Å²) in [5, 5.41) is 11.8. The van der Waals surface area contributed by atoms with Crippen LogP contribution >= 0.6 is 23.2 Å². The lowest BCUT2D eigenvalue weighted by Crippen LogP contribution is -2.37. The topological polar surface area (TPSA) is 57.2 Å². The van der Waals surface area contributed by atoms with Gasteiger partial charge in [0.05, 0.1) is 19.8 Å². The zero-order valence-electron chi connectivity index (χ0n) is 14.9. The quantitative estimate of drug-likeness (QED) is 0.713. The summed E-state index contributed by atoms with van der Waals surface area (Å²) in [5.41, 5.74) is 1.95. The second-order valence-corrected chi connectivity index (χ2v) is 7.19. The molecule has 0 aromatic heterocycles. The van der Waals surface area contributed by atoms with Crippen LogP contribution in [0.5, 0.6) is 0 Å². The van der Waals surface area contributed by atoms with Gasteiger partial charge in [0.15, 0.2) is 6.29 Å². The number of rotatable bonds is 8. The van der Waals surface area contributed by atoms with E-state index in [0.29, 0.717) is 23.3 Å². The summed E-state index contributed by atoms with van der Waals surface area (Å²) in [5.74, 6) is 0. The molecule has 4 atom stereocenters. The fraction of sp³-hybridized carbons (Fsp3) is 0.400. The van der Waals surface area contributed by atoms with E-state index >= 15 is 0 Å². The third-order valence-electron chi connectivity index (χ3n) is 4.34. The standard InChI is InChI=1S/C20H22Cl2O5/c1-24-20-18(23)19(26-11-14-4-8-16(22)9-5-14)17(27-20)12-25-10-13-2-6-15(21)7-3-13/h2-9,17-20,23H,10-12H2,1H3. The Kier molecular flexibility index (Phi) is 7.49. The maximum atomic E-state index is 10.4. The monoisotopic (exact) mass is 412 g/mol. The largest absolute Gasteiger partial charge is 0.385 e. The highest BCUT2D eigenvalue weighted by atomic mass is 35.5. The lowest BCUT2D eigenvalue weighted by atomic mass is 10.1. The maximum Gasteiger partial charge on any atom is 0.186 e. The van der Waals surface area contributed by atoms with Crippen molar-refractivity contribution >= 4 is 23.2 Å². The van der Waals surface area contributed by atoms with Crippen molar-refractivity contribution in [2.45, 2.75) is 37.8 Å². The molecule has 1 heterocycles. The molecule has 7 heteroatoms. The molecule has 27 heavy (non-hydrogen) atoms. The summed E-state index contributed by atoms with van der Waals surface area (Å²) in [7, 11) is 1.49. The molecule has 4 unspecified atom stereocenters. The highest BCUT2D eigenvalue weighted by Crippen LogP contribution is 2.26. The highest BCUT2D eigenvalue weighted by molar-refractivity contribution is 6.30. The summed E-state index contributed by atoms with van der Waals surface area (Å²) in [4.78, 5) is 0. The van der Waals surface area contributed by atoms with Crippen molar-refractivity contribution < 1.29 is 24.1 Å². The number of benzene rings is 2. The van der Waals surface area contributed by atoms with Crippen LogP contribution in [0.1, 0.15) is 11.1 Å². The summed E-state index contributed by atoms with van der Waals surface area (Å²) in [6.45, 7) is 1.01. The van der Waals surface area contributed by atoms with Crippen molar-refractivity contribution in [3.05, 3.63) is 69.7 Å². The van der Waals surface area contributed by atoms with Gasteiger partial charge in [-0.05, 0) is 35.4 Å². The number of ether oxygens (including phenoxy) is 4. The number of aliphatic hydroxyl groups excluding tert-OH is 1. The van der Waals surface area contributed by atoms with E-state index in [1.54, 1.807) is 12.1 Å². The molecule has 146 valence electrons. The molecule has 0 spiro atoms. The van der Waals surface area contributed by atoms with Gasteiger partial charge in [0.2, 0.25) is 0 Å². The molecule has 2 aromatic carbocycles. The second-order valence-electron chi connectivity index (χ2n) is 6.31. The van der Waals surface area contributed by atoms with Gasteiger partial charge in [0, 0.05) is 17.2 Å². The van der Waals surface area contributed by atoms with Crippen molar-refractivity contribution in [1.82, 2.24) is 0 Å². The first-order valence-electron chi connectivity index (χ1n) is 8.61. The lowest BCUT2D eigenvalue weighted by molar-refractivity contribution is -0.156. The van der Waals surface area contributed by atoms with Gasteiger partial charge < -0.3 is 24.1 Å². The van der Waals surface area contributed by atoms with Crippen molar-refractivity contribution in [3.63, 3.8) is 0 Å². The van der Waals surface area contributed by atoms with Gasteiger partial charge in [-0.2, -0.15) is 0 Å². The summed E-state index contributed by atoms with van der Waals surface area (Å²) in [6.07, 6.45) is -2.64. The molecule has 0 saturated carbocycles. The average molecular weight is 413 g/mol. The molecule has 0 bridgehead atoms. The van der Waals surface area contributed by atoms with E-state index in [0.717, 1.165) is 11.1 Å². The SMILES string of the molecule is COC1OC(COCc2ccc(Cl)cc2)C(OCc2ccc(Cl)cc2)C1O.